The monoisotopic (exact) mass is 295 g/mol. The van der Waals surface area contributed by atoms with Gasteiger partial charge in [-0.2, -0.15) is 5.26 Å². The molecule has 0 unspecified atom stereocenters. The number of carbonyl (C=O) groups excluding carboxylic acids is 1. The topological polar surface area (TPSA) is 59.9 Å². The molecule has 1 N–H and O–H groups in total. The van der Waals surface area contributed by atoms with Gasteiger partial charge in [0.15, 0.2) is 0 Å². The first-order chi connectivity index (χ1) is 10.7. The van der Waals surface area contributed by atoms with Gasteiger partial charge in [-0.15, -0.1) is 0 Å². The minimum absolute atomic E-state index is 0.0843. The number of para-hydroxylation sites is 1. The first-order valence-corrected chi connectivity index (χ1v) is 7.89. The molecular formula is C18H21N3O. The SMILES string of the molecule is CN(C(=O)CCCc1c[nH]c2ccccc12)C1(C#N)CCC1. The molecule has 0 spiro atoms. The summed E-state index contributed by atoms with van der Waals surface area (Å²) in [5.41, 5.74) is 1.86. The van der Waals surface area contributed by atoms with Gasteiger partial charge in [0.25, 0.3) is 0 Å². The number of nitriles is 1. The third-order valence-corrected chi connectivity index (χ3v) is 4.92. The molecule has 0 aliphatic heterocycles. The number of aryl methyl sites for hydroxylation is 1. The molecule has 1 fully saturated rings. The Hall–Kier alpha value is -2.28. The third-order valence-electron chi connectivity index (χ3n) is 4.92. The van der Waals surface area contributed by atoms with Crippen LogP contribution < -0.4 is 0 Å². The summed E-state index contributed by atoms with van der Waals surface area (Å²) in [4.78, 5) is 17.2. The van der Waals surface area contributed by atoms with Gasteiger partial charge in [-0.25, -0.2) is 0 Å². The molecule has 1 saturated carbocycles. The zero-order valence-electron chi connectivity index (χ0n) is 12.9. The highest BCUT2D eigenvalue weighted by Crippen LogP contribution is 2.36. The predicted molar refractivity (Wildman–Crippen MR) is 86.2 cm³/mol. The molecule has 0 radical (unpaired) electrons. The van der Waals surface area contributed by atoms with Crippen molar-refractivity contribution in [2.75, 3.05) is 7.05 Å². The van der Waals surface area contributed by atoms with Crippen molar-refractivity contribution in [3.63, 3.8) is 0 Å². The van der Waals surface area contributed by atoms with E-state index in [1.165, 1.54) is 10.9 Å². The molecule has 1 aromatic carbocycles. The summed E-state index contributed by atoms with van der Waals surface area (Å²) in [5.74, 6) is 0.0843. The van der Waals surface area contributed by atoms with Crippen LogP contribution in [0.1, 0.15) is 37.7 Å². The van der Waals surface area contributed by atoms with Crippen molar-refractivity contribution in [1.29, 1.82) is 5.26 Å². The maximum atomic E-state index is 12.3. The third kappa shape index (κ3) is 2.48. The van der Waals surface area contributed by atoms with Crippen LogP contribution in [0.2, 0.25) is 0 Å². The zero-order valence-corrected chi connectivity index (χ0v) is 12.9. The molecule has 0 atom stereocenters. The number of hydrogen-bond acceptors (Lipinski definition) is 2. The van der Waals surface area contributed by atoms with Gasteiger partial charge in [-0.1, -0.05) is 18.2 Å². The molecule has 1 aliphatic rings. The molecule has 1 heterocycles. The molecule has 22 heavy (non-hydrogen) atoms. The Morgan fingerprint density at radius 2 is 2.18 bits per heavy atom. The highest BCUT2D eigenvalue weighted by Gasteiger charge is 2.43. The number of aromatic amines is 1. The van der Waals surface area contributed by atoms with Crippen LogP contribution in [0.15, 0.2) is 30.5 Å². The quantitative estimate of drug-likeness (QED) is 0.919. The van der Waals surface area contributed by atoms with Crippen molar-refractivity contribution < 1.29 is 4.79 Å². The van der Waals surface area contributed by atoms with E-state index in [0.29, 0.717) is 6.42 Å². The number of aromatic nitrogens is 1. The molecule has 1 aliphatic carbocycles. The summed E-state index contributed by atoms with van der Waals surface area (Å²) >= 11 is 0. The fourth-order valence-electron chi connectivity index (χ4n) is 3.21. The molecule has 1 amide bonds. The number of benzene rings is 1. The van der Waals surface area contributed by atoms with E-state index in [1.54, 1.807) is 11.9 Å². The molecule has 1 aromatic heterocycles. The minimum atomic E-state index is -0.530. The summed E-state index contributed by atoms with van der Waals surface area (Å²) in [6.07, 6.45) is 6.89. The van der Waals surface area contributed by atoms with Gasteiger partial charge in [0, 0.05) is 30.6 Å². The van der Waals surface area contributed by atoms with E-state index < -0.39 is 5.54 Å². The van der Waals surface area contributed by atoms with E-state index in [1.807, 2.05) is 18.3 Å². The Balaban J connectivity index is 1.57. The van der Waals surface area contributed by atoms with Crippen LogP contribution in [0.25, 0.3) is 10.9 Å². The number of hydrogen-bond donors (Lipinski definition) is 1. The average molecular weight is 295 g/mol. The zero-order chi connectivity index (χ0) is 15.6. The maximum Gasteiger partial charge on any atom is 0.223 e. The van der Waals surface area contributed by atoms with Gasteiger partial charge in [0.1, 0.15) is 5.54 Å². The Bertz CT molecular complexity index is 721. The van der Waals surface area contributed by atoms with Crippen molar-refractivity contribution in [1.82, 2.24) is 9.88 Å². The van der Waals surface area contributed by atoms with E-state index in [0.717, 1.165) is 37.6 Å². The fourth-order valence-corrected chi connectivity index (χ4v) is 3.21. The van der Waals surface area contributed by atoms with Gasteiger partial charge in [-0.05, 0) is 43.7 Å². The minimum Gasteiger partial charge on any atom is -0.361 e. The normalized spacial score (nSPS) is 16.0. The van der Waals surface area contributed by atoms with E-state index in [9.17, 15) is 10.1 Å². The lowest BCUT2D eigenvalue weighted by Gasteiger charge is -2.43. The molecular weight excluding hydrogens is 274 g/mol. The number of fused-ring (bicyclic) bond motifs is 1. The van der Waals surface area contributed by atoms with Crippen molar-refractivity contribution in [3.8, 4) is 6.07 Å². The van der Waals surface area contributed by atoms with Crippen molar-refractivity contribution in [2.45, 2.75) is 44.1 Å². The van der Waals surface area contributed by atoms with Crippen LogP contribution in [0.5, 0.6) is 0 Å². The second-order valence-corrected chi connectivity index (χ2v) is 6.16. The molecule has 0 bridgehead atoms. The number of rotatable bonds is 5. The summed E-state index contributed by atoms with van der Waals surface area (Å²) in [6, 6.07) is 10.5. The smallest absolute Gasteiger partial charge is 0.223 e. The Morgan fingerprint density at radius 3 is 2.86 bits per heavy atom. The van der Waals surface area contributed by atoms with Crippen LogP contribution in [-0.4, -0.2) is 28.4 Å². The number of nitrogens with one attached hydrogen (secondary N) is 1. The van der Waals surface area contributed by atoms with Crippen LogP contribution in [0, 0.1) is 11.3 Å². The van der Waals surface area contributed by atoms with Gasteiger partial charge < -0.3 is 9.88 Å². The van der Waals surface area contributed by atoms with Crippen LogP contribution in [0.4, 0.5) is 0 Å². The van der Waals surface area contributed by atoms with E-state index >= 15 is 0 Å². The number of carbonyl (C=O) groups is 1. The lowest BCUT2D eigenvalue weighted by Crippen LogP contribution is -2.53. The molecule has 114 valence electrons. The molecule has 3 rings (SSSR count). The van der Waals surface area contributed by atoms with E-state index in [-0.39, 0.29) is 5.91 Å². The first-order valence-electron chi connectivity index (χ1n) is 7.89. The maximum absolute atomic E-state index is 12.3. The van der Waals surface area contributed by atoms with Crippen molar-refractivity contribution in [3.05, 3.63) is 36.0 Å². The van der Waals surface area contributed by atoms with Crippen LogP contribution in [-0.2, 0) is 11.2 Å². The highest BCUT2D eigenvalue weighted by atomic mass is 16.2. The largest absolute Gasteiger partial charge is 0.361 e. The second kappa shape index (κ2) is 5.84. The van der Waals surface area contributed by atoms with Gasteiger partial charge in [-0.3, -0.25) is 4.79 Å². The number of amides is 1. The number of H-pyrrole nitrogens is 1. The second-order valence-electron chi connectivity index (χ2n) is 6.16. The predicted octanol–water partition coefficient (Wildman–Crippen LogP) is 3.40. The number of nitrogens with zero attached hydrogens (tertiary/aromatic N) is 2. The van der Waals surface area contributed by atoms with Crippen LogP contribution in [0.3, 0.4) is 0 Å². The molecule has 4 nitrogen and oxygen atoms in total. The first kappa shape index (κ1) is 14.6. The van der Waals surface area contributed by atoms with Gasteiger partial charge in [0.2, 0.25) is 5.91 Å². The van der Waals surface area contributed by atoms with E-state index in [2.05, 4.69) is 23.2 Å². The van der Waals surface area contributed by atoms with E-state index in [4.69, 9.17) is 0 Å². The molecule has 4 heteroatoms. The fraction of sp³-hybridized carbons (Fsp3) is 0.444. The Labute approximate surface area is 130 Å². The Kier molecular flexibility index (Phi) is 3.89. The summed E-state index contributed by atoms with van der Waals surface area (Å²) in [7, 11) is 1.77. The lowest BCUT2D eigenvalue weighted by molar-refractivity contribution is -0.136. The van der Waals surface area contributed by atoms with Crippen LogP contribution >= 0.6 is 0 Å². The summed E-state index contributed by atoms with van der Waals surface area (Å²) in [5, 5.41) is 10.5. The van der Waals surface area contributed by atoms with Gasteiger partial charge >= 0.3 is 0 Å². The summed E-state index contributed by atoms with van der Waals surface area (Å²) in [6.45, 7) is 0. The molecule has 2 aromatic rings. The van der Waals surface area contributed by atoms with Crippen molar-refractivity contribution >= 4 is 16.8 Å². The van der Waals surface area contributed by atoms with Gasteiger partial charge in [0.05, 0.1) is 6.07 Å². The standard InChI is InChI=1S/C18H21N3O/c1-21(18(13-19)10-5-11-18)17(22)9-4-6-14-12-20-16-8-3-2-7-15(14)16/h2-3,7-8,12,20H,4-6,9-11H2,1H3. The Morgan fingerprint density at radius 1 is 1.41 bits per heavy atom. The highest BCUT2D eigenvalue weighted by molar-refractivity contribution is 5.83. The molecule has 0 saturated heterocycles. The lowest BCUT2D eigenvalue weighted by atomic mass is 9.76. The summed E-state index contributed by atoms with van der Waals surface area (Å²) < 4.78 is 0. The van der Waals surface area contributed by atoms with Crippen molar-refractivity contribution in [2.24, 2.45) is 0 Å². The average Bonchev–Trinajstić information content (AvgIpc) is 2.90.